The van der Waals surface area contributed by atoms with Gasteiger partial charge in [0, 0.05) is 38.3 Å². The van der Waals surface area contributed by atoms with Crippen LogP contribution in [0.4, 0.5) is 10.1 Å². The van der Waals surface area contributed by atoms with Crippen LogP contribution in [0.5, 0.6) is 5.75 Å². The summed E-state index contributed by atoms with van der Waals surface area (Å²) in [6.07, 6.45) is 0.890. The van der Waals surface area contributed by atoms with Crippen LogP contribution in [0, 0.1) is 5.82 Å². The molecule has 1 N–H and O–H groups in total. The predicted octanol–water partition coefficient (Wildman–Crippen LogP) is 2.78. The molecular weight excluding hydrogens is 345 g/mol. The van der Waals surface area contributed by atoms with Crippen LogP contribution < -0.4 is 15.0 Å². The van der Waals surface area contributed by atoms with Crippen molar-refractivity contribution in [3.05, 3.63) is 59.9 Å². The molecular formula is C21H26FN3O2. The molecule has 0 aromatic heterocycles. The van der Waals surface area contributed by atoms with Gasteiger partial charge in [-0.25, -0.2) is 4.39 Å². The van der Waals surface area contributed by atoms with E-state index < -0.39 is 0 Å². The van der Waals surface area contributed by atoms with Crippen molar-refractivity contribution in [2.24, 2.45) is 0 Å². The number of halogens is 1. The Kier molecular flexibility index (Phi) is 6.65. The number of rotatable bonds is 7. The third kappa shape index (κ3) is 5.20. The summed E-state index contributed by atoms with van der Waals surface area (Å²) in [6, 6.07) is 14.0. The molecule has 1 aliphatic heterocycles. The maximum atomic E-state index is 13.9. The number of ether oxygens (including phenoxy) is 1. The zero-order chi connectivity index (χ0) is 19.1. The summed E-state index contributed by atoms with van der Waals surface area (Å²) in [5.41, 5.74) is 1.32. The van der Waals surface area contributed by atoms with Crippen molar-refractivity contribution < 1.29 is 13.9 Å². The lowest BCUT2D eigenvalue weighted by molar-refractivity contribution is 0.0951. The Morgan fingerprint density at radius 3 is 2.44 bits per heavy atom. The molecule has 1 fully saturated rings. The van der Waals surface area contributed by atoms with Gasteiger partial charge in [0.15, 0.2) is 0 Å². The van der Waals surface area contributed by atoms with E-state index in [2.05, 4.69) is 15.1 Å². The zero-order valence-corrected chi connectivity index (χ0v) is 15.7. The number of benzene rings is 2. The maximum absolute atomic E-state index is 13.9. The summed E-state index contributed by atoms with van der Waals surface area (Å²) in [4.78, 5) is 16.6. The van der Waals surface area contributed by atoms with E-state index in [1.165, 1.54) is 6.07 Å². The van der Waals surface area contributed by atoms with Crippen LogP contribution in [0.15, 0.2) is 48.5 Å². The Morgan fingerprint density at radius 2 is 1.78 bits per heavy atom. The lowest BCUT2D eigenvalue weighted by Crippen LogP contribution is -2.47. The molecule has 0 saturated carbocycles. The van der Waals surface area contributed by atoms with Crippen LogP contribution in [0.25, 0.3) is 0 Å². The van der Waals surface area contributed by atoms with Crippen LogP contribution >= 0.6 is 0 Å². The zero-order valence-electron chi connectivity index (χ0n) is 15.7. The standard InChI is InChI=1S/C21H26FN3O2/c1-27-18-9-7-17(8-10-18)21(26)23-11-4-12-24-13-15-25(16-14-24)20-6-3-2-5-19(20)22/h2-3,5-10H,4,11-16H2,1H3,(H,23,26). The van der Waals surface area contributed by atoms with Crippen molar-refractivity contribution >= 4 is 11.6 Å². The first-order valence-electron chi connectivity index (χ1n) is 9.31. The van der Waals surface area contributed by atoms with Gasteiger partial charge in [-0.15, -0.1) is 0 Å². The summed E-state index contributed by atoms with van der Waals surface area (Å²) in [5, 5.41) is 2.95. The molecule has 0 radical (unpaired) electrons. The Balaban J connectivity index is 1.35. The van der Waals surface area contributed by atoms with Crippen LogP contribution in [0.3, 0.4) is 0 Å². The minimum Gasteiger partial charge on any atom is -0.497 e. The van der Waals surface area contributed by atoms with Gasteiger partial charge < -0.3 is 15.0 Å². The number of nitrogens with one attached hydrogen (secondary N) is 1. The van der Waals surface area contributed by atoms with Gasteiger partial charge in [0.1, 0.15) is 11.6 Å². The molecule has 1 amide bonds. The molecule has 1 heterocycles. The van der Waals surface area contributed by atoms with Crippen molar-refractivity contribution in [2.75, 3.05) is 51.3 Å². The Bertz CT molecular complexity index is 743. The Labute approximate surface area is 159 Å². The van der Waals surface area contributed by atoms with Gasteiger partial charge in [-0.05, 0) is 49.4 Å². The first-order valence-corrected chi connectivity index (χ1v) is 9.31. The van der Waals surface area contributed by atoms with E-state index in [1.807, 2.05) is 12.1 Å². The number of nitrogens with zero attached hydrogens (tertiary/aromatic N) is 2. The number of amides is 1. The second-order valence-electron chi connectivity index (χ2n) is 6.62. The van der Waals surface area contributed by atoms with Gasteiger partial charge in [-0.1, -0.05) is 12.1 Å². The maximum Gasteiger partial charge on any atom is 0.251 e. The topological polar surface area (TPSA) is 44.8 Å². The van der Waals surface area contributed by atoms with E-state index in [-0.39, 0.29) is 11.7 Å². The van der Waals surface area contributed by atoms with Crippen molar-refractivity contribution in [1.82, 2.24) is 10.2 Å². The van der Waals surface area contributed by atoms with E-state index in [1.54, 1.807) is 37.4 Å². The van der Waals surface area contributed by atoms with E-state index in [0.29, 0.717) is 17.8 Å². The average molecular weight is 371 g/mol. The number of anilines is 1. The second-order valence-corrected chi connectivity index (χ2v) is 6.62. The number of methoxy groups -OCH3 is 1. The third-order valence-electron chi connectivity index (χ3n) is 4.85. The molecule has 1 saturated heterocycles. The minimum atomic E-state index is -0.160. The molecule has 0 unspecified atom stereocenters. The number of hydrogen-bond donors (Lipinski definition) is 1. The smallest absolute Gasteiger partial charge is 0.251 e. The first-order chi connectivity index (χ1) is 13.2. The Morgan fingerprint density at radius 1 is 1.07 bits per heavy atom. The Hall–Kier alpha value is -2.60. The van der Waals surface area contributed by atoms with E-state index in [9.17, 15) is 9.18 Å². The number of para-hydroxylation sites is 1. The molecule has 2 aromatic carbocycles. The van der Waals surface area contributed by atoms with E-state index >= 15 is 0 Å². The number of piperazine rings is 1. The molecule has 1 aliphatic rings. The van der Waals surface area contributed by atoms with Gasteiger partial charge >= 0.3 is 0 Å². The number of carbonyl (C=O) groups excluding carboxylic acids is 1. The lowest BCUT2D eigenvalue weighted by Gasteiger charge is -2.36. The largest absolute Gasteiger partial charge is 0.497 e. The highest BCUT2D eigenvalue weighted by molar-refractivity contribution is 5.94. The molecule has 6 heteroatoms. The molecule has 3 rings (SSSR count). The third-order valence-corrected chi connectivity index (χ3v) is 4.85. The van der Waals surface area contributed by atoms with E-state index in [4.69, 9.17) is 4.74 Å². The minimum absolute atomic E-state index is 0.0676. The second kappa shape index (κ2) is 9.37. The normalized spacial score (nSPS) is 14.8. The number of hydrogen-bond acceptors (Lipinski definition) is 4. The fraction of sp³-hybridized carbons (Fsp3) is 0.381. The van der Waals surface area contributed by atoms with Crippen molar-refractivity contribution in [3.63, 3.8) is 0 Å². The van der Waals surface area contributed by atoms with Crippen LogP contribution in [-0.2, 0) is 0 Å². The van der Waals surface area contributed by atoms with Crippen molar-refractivity contribution in [1.29, 1.82) is 0 Å². The summed E-state index contributed by atoms with van der Waals surface area (Å²) >= 11 is 0. The predicted molar refractivity (Wildman–Crippen MR) is 105 cm³/mol. The highest BCUT2D eigenvalue weighted by Gasteiger charge is 2.18. The highest BCUT2D eigenvalue weighted by Crippen LogP contribution is 2.20. The van der Waals surface area contributed by atoms with Gasteiger partial charge in [0.2, 0.25) is 0 Å². The molecule has 27 heavy (non-hydrogen) atoms. The first kappa shape index (κ1) is 19.2. The summed E-state index contributed by atoms with van der Waals surface area (Å²) in [5.74, 6) is 0.510. The van der Waals surface area contributed by atoms with Crippen LogP contribution in [0.1, 0.15) is 16.8 Å². The van der Waals surface area contributed by atoms with Gasteiger partial charge in [0.05, 0.1) is 12.8 Å². The molecule has 0 atom stereocenters. The monoisotopic (exact) mass is 371 g/mol. The van der Waals surface area contributed by atoms with Gasteiger partial charge in [-0.3, -0.25) is 9.69 Å². The summed E-state index contributed by atoms with van der Waals surface area (Å²) in [7, 11) is 1.60. The van der Waals surface area contributed by atoms with Crippen LogP contribution in [0.2, 0.25) is 0 Å². The van der Waals surface area contributed by atoms with Crippen molar-refractivity contribution in [2.45, 2.75) is 6.42 Å². The highest BCUT2D eigenvalue weighted by atomic mass is 19.1. The molecule has 0 bridgehead atoms. The van der Waals surface area contributed by atoms with Gasteiger partial charge in [-0.2, -0.15) is 0 Å². The van der Waals surface area contributed by atoms with Crippen LogP contribution in [-0.4, -0.2) is 57.2 Å². The number of carbonyl (C=O) groups is 1. The van der Waals surface area contributed by atoms with E-state index in [0.717, 1.165) is 44.9 Å². The lowest BCUT2D eigenvalue weighted by atomic mass is 10.2. The summed E-state index contributed by atoms with van der Waals surface area (Å²) < 4.78 is 19.0. The quantitative estimate of drug-likeness (QED) is 0.761. The fourth-order valence-corrected chi connectivity index (χ4v) is 3.27. The summed E-state index contributed by atoms with van der Waals surface area (Å²) in [6.45, 7) is 5.01. The molecule has 144 valence electrons. The molecule has 5 nitrogen and oxygen atoms in total. The fourth-order valence-electron chi connectivity index (χ4n) is 3.27. The molecule has 2 aromatic rings. The molecule has 0 aliphatic carbocycles. The van der Waals surface area contributed by atoms with Crippen molar-refractivity contribution in [3.8, 4) is 5.75 Å². The molecule has 0 spiro atoms. The van der Waals surface area contributed by atoms with Gasteiger partial charge in [0.25, 0.3) is 5.91 Å². The SMILES string of the molecule is COc1ccc(C(=O)NCCCN2CCN(c3ccccc3F)CC2)cc1. The average Bonchev–Trinajstić information content (AvgIpc) is 2.72.